The van der Waals surface area contributed by atoms with Crippen molar-refractivity contribution in [3.05, 3.63) is 0 Å². The summed E-state index contributed by atoms with van der Waals surface area (Å²) in [5.74, 6) is 0.957. The molecule has 0 saturated carbocycles. The lowest BCUT2D eigenvalue weighted by Crippen LogP contribution is -2.60. The van der Waals surface area contributed by atoms with Gasteiger partial charge in [0.25, 0.3) is 0 Å². The summed E-state index contributed by atoms with van der Waals surface area (Å²) in [7, 11) is 0. The van der Waals surface area contributed by atoms with E-state index in [1.807, 2.05) is 13.8 Å². The lowest BCUT2D eigenvalue weighted by molar-refractivity contribution is -0.377. The topological polar surface area (TPSA) is 46.2 Å². The smallest absolute Gasteiger partial charge is 0.163 e. The third-order valence-electron chi connectivity index (χ3n) is 7.00. The van der Waals surface area contributed by atoms with Gasteiger partial charge in [-0.25, -0.2) is 0 Å². The zero-order valence-electron chi connectivity index (χ0n) is 17.7. The molecule has 0 spiro atoms. The van der Waals surface area contributed by atoms with Crippen molar-refractivity contribution in [2.75, 3.05) is 6.61 Å². The summed E-state index contributed by atoms with van der Waals surface area (Å²) in [6.07, 6.45) is 1.14. The molecule has 0 aromatic rings. The first-order valence-electron chi connectivity index (χ1n) is 10.4. The summed E-state index contributed by atoms with van der Waals surface area (Å²) in [4.78, 5) is 0. The van der Waals surface area contributed by atoms with Crippen LogP contribution in [0.4, 0.5) is 0 Å². The molecule has 5 nitrogen and oxygen atoms in total. The molecule has 26 heavy (non-hydrogen) atoms. The predicted octanol–water partition coefficient (Wildman–Crippen LogP) is 3.99. The number of rotatable bonds is 3. The number of fused-ring (bicyclic) bond motifs is 1. The highest BCUT2D eigenvalue weighted by molar-refractivity contribution is 4.92. The van der Waals surface area contributed by atoms with Crippen LogP contribution in [0.2, 0.25) is 0 Å². The zero-order valence-corrected chi connectivity index (χ0v) is 17.7. The van der Waals surface area contributed by atoms with Gasteiger partial charge in [0.1, 0.15) is 6.10 Å². The van der Waals surface area contributed by atoms with Crippen molar-refractivity contribution >= 4 is 0 Å². The Balaban J connectivity index is 1.71. The fourth-order valence-corrected chi connectivity index (χ4v) is 4.61. The molecule has 0 N–H and O–H groups in total. The van der Waals surface area contributed by atoms with Crippen molar-refractivity contribution in [1.29, 1.82) is 0 Å². The molecule has 0 bridgehead atoms. The molecular weight excluding hydrogens is 332 g/mol. The second-order valence-electron chi connectivity index (χ2n) is 9.16. The van der Waals surface area contributed by atoms with Crippen LogP contribution in [0.25, 0.3) is 0 Å². The molecule has 3 rings (SSSR count). The third kappa shape index (κ3) is 3.83. The van der Waals surface area contributed by atoms with E-state index in [9.17, 15) is 0 Å². The molecular formula is C21H38O5. The van der Waals surface area contributed by atoms with E-state index < -0.39 is 5.79 Å². The first kappa shape index (κ1) is 20.5. The van der Waals surface area contributed by atoms with Crippen LogP contribution in [0, 0.1) is 23.7 Å². The van der Waals surface area contributed by atoms with Gasteiger partial charge < -0.3 is 23.7 Å². The maximum Gasteiger partial charge on any atom is 0.163 e. The Morgan fingerprint density at radius 2 is 1.62 bits per heavy atom. The van der Waals surface area contributed by atoms with Gasteiger partial charge in [0.05, 0.1) is 31.0 Å². The second kappa shape index (κ2) is 7.67. The Labute approximate surface area is 159 Å². The summed E-state index contributed by atoms with van der Waals surface area (Å²) < 4.78 is 31.2. The van der Waals surface area contributed by atoms with Crippen LogP contribution in [0.5, 0.6) is 0 Å². The number of hydrogen-bond donors (Lipinski definition) is 0. The van der Waals surface area contributed by atoms with E-state index in [1.165, 1.54) is 0 Å². The zero-order chi connectivity index (χ0) is 19.2. The maximum atomic E-state index is 6.59. The lowest BCUT2D eigenvalue weighted by Gasteiger charge is -2.52. The number of hydrogen-bond acceptors (Lipinski definition) is 5. The van der Waals surface area contributed by atoms with Gasteiger partial charge in [-0.1, -0.05) is 34.6 Å². The molecule has 0 amide bonds. The fraction of sp³-hybridized carbons (Fsp3) is 1.00. The minimum Gasteiger partial charge on any atom is -0.372 e. The molecule has 152 valence electrons. The first-order chi connectivity index (χ1) is 12.1. The molecule has 3 aliphatic heterocycles. The van der Waals surface area contributed by atoms with E-state index >= 15 is 0 Å². The van der Waals surface area contributed by atoms with E-state index in [0.29, 0.717) is 24.4 Å². The molecule has 3 fully saturated rings. The SMILES string of the molecule is CCC1O[C@H](C)C(C)C(C)[C@@H]1O[C@@H]1OC2COC(C)(C)O[C@H]2[C@@H](C)C1C. The van der Waals surface area contributed by atoms with E-state index in [-0.39, 0.29) is 42.7 Å². The monoisotopic (exact) mass is 370 g/mol. The van der Waals surface area contributed by atoms with Crippen molar-refractivity contribution < 1.29 is 23.7 Å². The van der Waals surface area contributed by atoms with Gasteiger partial charge in [-0.15, -0.1) is 0 Å². The molecule has 5 heteroatoms. The second-order valence-corrected chi connectivity index (χ2v) is 9.16. The van der Waals surface area contributed by atoms with Gasteiger partial charge in [-0.05, 0) is 44.9 Å². The molecule has 0 radical (unpaired) electrons. The van der Waals surface area contributed by atoms with E-state index in [4.69, 9.17) is 23.7 Å². The Morgan fingerprint density at radius 1 is 0.923 bits per heavy atom. The highest BCUT2D eigenvalue weighted by Crippen LogP contribution is 2.41. The quantitative estimate of drug-likeness (QED) is 0.752. The minimum absolute atomic E-state index is 0.0505. The van der Waals surface area contributed by atoms with Crippen LogP contribution < -0.4 is 0 Å². The van der Waals surface area contributed by atoms with Gasteiger partial charge >= 0.3 is 0 Å². The Hall–Kier alpha value is -0.200. The fourth-order valence-electron chi connectivity index (χ4n) is 4.61. The normalized spacial score (nSPS) is 51.7. The summed E-state index contributed by atoms with van der Waals surface area (Å²) in [5.41, 5.74) is 0. The van der Waals surface area contributed by atoms with E-state index in [2.05, 4.69) is 41.5 Å². The molecule has 0 aromatic heterocycles. The van der Waals surface area contributed by atoms with Crippen LogP contribution in [-0.4, -0.2) is 49.2 Å². The van der Waals surface area contributed by atoms with Crippen molar-refractivity contribution in [3.63, 3.8) is 0 Å². The van der Waals surface area contributed by atoms with Crippen LogP contribution in [0.15, 0.2) is 0 Å². The van der Waals surface area contributed by atoms with Crippen molar-refractivity contribution in [1.82, 2.24) is 0 Å². The van der Waals surface area contributed by atoms with Crippen LogP contribution >= 0.6 is 0 Å². The van der Waals surface area contributed by atoms with Crippen LogP contribution in [0.1, 0.15) is 61.8 Å². The molecule has 0 aliphatic carbocycles. The molecule has 3 heterocycles. The van der Waals surface area contributed by atoms with Crippen molar-refractivity contribution in [2.45, 2.75) is 104 Å². The predicted molar refractivity (Wildman–Crippen MR) is 99.7 cm³/mol. The van der Waals surface area contributed by atoms with Gasteiger partial charge in [-0.2, -0.15) is 0 Å². The molecule has 10 atom stereocenters. The van der Waals surface area contributed by atoms with Gasteiger partial charge in [-0.3, -0.25) is 0 Å². The number of ether oxygens (including phenoxy) is 5. The van der Waals surface area contributed by atoms with E-state index in [1.54, 1.807) is 0 Å². The Morgan fingerprint density at radius 3 is 2.27 bits per heavy atom. The average molecular weight is 371 g/mol. The summed E-state index contributed by atoms with van der Waals surface area (Å²) in [6.45, 7) is 17.8. The molecule has 3 aliphatic rings. The van der Waals surface area contributed by atoms with Gasteiger partial charge in [0.2, 0.25) is 0 Å². The highest BCUT2D eigenvalue weighted by Gasteiger charge is 2.50. The Kier molecular flexibility index (Phi) is 6.06. The summed E-state index contributed by atoms with van der Waals surface area (Å²) in [6, 6.07) is 0. The van der Waals surface area contributed by atoms with Crippen molar-refractivity contribution in [3.8, 4) is 0 Å². The third-order valence-corrected chi connectivity index (χ3v) is 7.00. The molecule has 5 unspecified atom stereocenters. The maximum absolute atomic E-state index is 6.59. The first-order valence-corrected chi connectivity index (χ1v) is 10.4. The Bertz CT molecular complexity index is 477. The summed E-state index contributed by atoms with van der Waals surface area (Å²) >= 11 is 0. The van der Waals surface area contributed by atoms with Gasteiger partial charge in [0, 0.05) is 5.92 Å². The van der Waals surface area contributed by atoms with E-state index in [0.717, 1.165) is 6.42 Å². The largest absolute Gasteiger partial charge is 0.372 e. The lowest BCUT2D eigenvalue weighted by atomic mass is 9.80. The van der Waals surface area contributed by atoms with Crippen LogP contribution in [0.3, 0.4) is 0 Å². The molecule has 0 aromatic carbocycles. The summed E-state index contributed by atoms with van der Waals surface area (Å²) in [5, 5.41) is 0. The average Bonchev–Trinajstić information content (AvgIpc) is 2.59. The standard InChI is InChI=1S/C21H38O5/c1-9-16-18(12(3)11(2)15(6)23-16)25-20-14(5)13(4)19-17(24-20)10-22-21(7,8)26-19/h11-20H,9-10H2,1-8H3/t11?,12?,13-,14?,15+,16?,17?,18-,19-,20-/m0/s1. The van der Waals surface area contributed by atoms with Crippen molar-refractivity contribution in [2.24, 2.45) is 23.7 Å². The molecule has 3 saturated heterocycles. The highest BCUT2D eigenvalue weighted by atomic mass is 16.8. The van der Waals surface area contributed by atoms with Gasteiger partial charge in [0.15, 0.2) is 12.1 Å². The van der Waals surface area contributed by atoms with Crippen LogP contribution in [-0.2, 0) is 23.7 Å². The minimum atomic E-state index is -0.545.